The molecule has 0 saturated heterocycles. The molecule has 0 amide bonds. The monoisotopic (exact) mass is 1110 g/mol. The molecule has 8 aromatic carbocycles. The molecule has 10 aromatic rings. The molecule has 4 nitrogen and oxygen atoms in total. The van der Waals surface area contributed by atoms with Gasteiger partial charge in [0.2, 0.25) is 0 Å². The van der Waals surface area contributed by atoms with Crippen LogP contribution in [-0.4, -0.2) is 12.3 Å². The number of benzene rings is 8. The van der Waals surface area contributed by atoms with Gasteiger partial charge in [-0.15, -0.1) is 11.3 Å². The lowest BCUT2D eigenvalue weighted by Gasteiger charge is -2.51. The summed E-state index contributed by atoms with van der Waals surface area (Å²) < 4.78 is 9.93. The SMILES string of the molecule is Cc1cc2c(cc1N1c3cc(N4c5ccc(C(C)(C)C)cc5C5(C)CCCCC45C)cc4c3B(c3cc5c(cc3N4c3cccc4c3oc3ccccc34)C(C)(C)CCC5(C)C)c3ccc4c(sc5ccccc54)c31)C(C)(C)CCC2(C)C. The molecular weight excluding hydrogens is 1030 g/mol. The fourth-order valence-electron chi connectivity index (χ4n) is 17.4. The second-order valence-electron chi connectivity index (χ2n) is 30.5. The maximum atomic E-state index is 7.23. The van der Waals surface area contributed by atoms with E-state index < -0.39 is 0 Å². The molecule has 83 heavy (non-hydrogen) atoms. The number of thiophene rings is 1. The number of fused-ring (bicyclic) bond motifs is 16. The van der Waals surface area contributed by atoms with E-state index in [0.717, 1.165) is 59.7 Å². The molecule has 3 aliphatic heterocycles. The van der Waals surface area contributed by atoms with E-state index in [1.54, 1.807) is 0 Å². The Labute approximate surface area is 497 Å². The van der Waals surface area contributed by atoms with Crippen LogP contribution in [0.5, 0.6) is 0 Å². The minimum atomic E-state index is -0.192. The molecule has 0 spiro atoms. The summed E-state index contributed by atoms with van der Waals surface area (Å²) in [5.41, 5.74) is 26.1. The van der Waals surface area contributed by atoms with Gasteiger partial charge in [0.15, 0.2) is 5.58 Å². The Hall–Kier alpha value is -6.76. The van der Waals surface area contributed by atoms with E-state index in [4.69, 9.17) is 4.42 Å². The van der Waals surface area contributed by atoms with Gasteiger partial charge >= 0.3 is 0 Å². The highest BCUT2D eigenvalue weighted by Gasteiger charge is 2.59. The van der Waals surface area contributed by atoms with Crippen LogP contribution in [0.15, 0.2) is 138 Å². The number of nitrogens with zero attached hydrogens (tertiary/aromatic N) is 3. The summed E-state index contributed by atoms with van der Waals surface area (Å²) >= 11 is 1.98. The highest BCUT2D eigenvalue weighted by Crippen LogP contribution is 2.63. The van der Waals surface area contributed by atoms with Crippen molar-refractivity contribution >= 4 is 122 Å². The topological polar surface area (TPSA) is 22.9 Å². The molecule has 418 valence electrons. The molecule has 0 N–H and O–H groups in total. The highest BCUT2D eigenvalue weighted by atomic mass is 32.1. The van der Waals surface area contributed by atoms with Crippen molar-refractivity contribution in [2.24, 2.45) is 0 Å². The molecule has 1 fully saturated rings. The summed E-state index contributed by atoms with van der Waals surface area (Å²) in [7, 11) is 0. The fourth-order valence-corrected chi connectivity index (χ4v) is 18.7. The Kier molecular flexibility index (Phi) is 10.5. The first-order valence-corrected chi connectivity index (χ1v) is 32.1. The molecule has 2 aromatic heterocycles. The van der Waals surface area contributed by atoms with Crippen LogP contribution in [0.25, 0.3) is 42.1 Å². The lowest BCUT2D eigenvalue weighted by molar-refractivity contribution is 0.195. The van der Waals surface area contributed by atoms with Crippen molar-refractivity contribution in [1.29, 1.82) is 0 Å². The first-order valence-electron chi connectivity index (χ1n) is 31.3. The Morgan fingerprint density at radius 1 is 0.482 bits per heavy atom. The third-order valence-electron chi connectivity index (χ3n) is 22.8. The van der Waals surface area contributed by atoms with Gasteiger partial charge in [-0.1, -0.05) is 181 Å². The summed E-state index contributed by atoms with van der Waals surface area (Å²) in [6.45, 7) is 34.7. The van der Waals surface area contributed by atoms with E-state index in [1.165, 1.54) is 135 Å². The largest absolute Gasteiger partial charge is 0.454 e. The van der Waals surface area contributed by atoms with Crippen LogP contribution >= 0.6 is 11.3 Å². The maximum absolute atomic E-state index is 7.23. The first-order chi connectivity index (χ1) is 39.4. The summed E-state index contributed by atoms with van der Waals surface area (Å²) in [6.07, 6.45) is 9.33. The van der Waals surface area contributed by atoms with E-state index in [9.17, 15) is 0 Å². The van der Waals surface area contributed by atoms with Gasteiger partial charge in [0.1, 0.15) is 5.58 Å². The van der Waals surface area contributed by atoms with Crippen LogP contribution in [0.4, 0.5) is 45.5 Å². The molecule has 6 heteroatoms. The molecular formula is C77H80BN3OS. The minimum absolute atomic E-state index is 0.00519. The third-order valence-corrected chi connectivity index (χ3v) is 24.0. The van der Waals surface area contributed by atoms with Crippen LogP contribution in [0.3, 0.4) is 0 Å². The normalized spacial score (nSPS) is 22.3. The van der Waals surface area contributed by atoms with Gasteiger partial charge in [-0.3, -0.25) is 0 Å². The minimum Gasteiger partial charge on any atom is -0.454 e. The molecule has 3 aliphatic carbocycles. The number of furan rings is 1. The Morgan fingerprint density at radius 3 is 1.81 bits per heavy atom. The zero-order valence-electron chi connectivity index (χ0n) is 51.6. The average Bonchev–Trinajstić information content (AvgIpc) is 1.83. The van der Waals surface area contributed by atoms with Crippen LogP contribution in [0, 0.1) is 6.92 Å². The van der Waals surface area contributed by atoms with Crippen LogP contribution in [0.1, 0.15) is 180 Å². The molecule has 5 heterocycles. The van der Waals surface area contributed by atoms with Crippen molar-refractivity contribution in [2.45, 2.75) is 186 Å². The Morgan fingerprint density at radius 2 is 1.10 bits per heavy atom. The zero-order valence-corrected chi connectivity index (χ0v) is 52.4. The van der Waals surface area contributed by atoms with Crippen molar-refractivity contribution in [1.82, 2.24) is 0 Å². The van der Waals surface area contributed by atoms with Gasteiger partial charge in [-0.05, 0) is 183 Å². The molecule has 2 atom stereocenters. The van der Waals surface area contributed by atoms with E-state index in [0.29, 0.717) is 0 Å². The van der Waals surface area contributed by atoms with Crippen molar-refractivity contribution in [3.05, 3.63) is 172 Å². The third kappa shape index (κ3) is 6.94. The van der Waals surface area contributed by atoms with E-state index in [1.807, 2.05) is 11.3 Å². The number of aryl methyl sites for hydroxylation is 1. The number of hydrogen-bond donors (Lipinski definition) is 0. The standard InChI is InChI=1S/C77H80BN3OS/c1-45-38-52-54(74(9,10)36-34-72(52,5)6)43-61(45)80-64-41-47(81-59-31-28-46(71(2,3)4)39-56(59)76(13)32-19-20-33-77(76,81)14)40-63-67(64)78(57-30-29-51-49-23-16-18-27-66(49)83-70(51)68(57)80)58-42-53-55(75(11,12)37-35-73(53,7)8)44-62(58)79(63)60-25-21-24-50-48-22-15-17-26-65(48)82-69(50)60/h15-18,21-31,38-44H,19-20,32-37H2,1-14H3. The highest BCUT2D eigenvalue weighted by molar-refractivity contribution is 7.26. The predicted octanol–water partition coefficient (Wildman–Crippen LogP) is 20.1. The van der Waals surface area contributed by atoms with Gasteiger partial charge in [-0.25, -0.2) is 0 Å². The van der Waals surface area contributed by atoms with Gasteiger partial charge in [0, 0.05) is 65.8 Å². The fraction of sp³-hybridized carbons (Fsp3) is 0.377. The number of rotatable bonds is 3. The van der Waals surface area contributed by atoms with Crippen molar-refractivity contribution in [2.75, 3.05) is 14.7 Å². The molecule has 2 unspecified atom stereocenters. The van der Waals surface area contributed by atoms with Gasteiger partial charge in [0.05, 0.1) is 21.6 Å². The number of anilines is 8. The van der Waals surface area contributed by atoms with Crippen LogP contribution in [0.2, 0.25) is 0 Å². The average molecular weight is 1110 g/mol. The maximum Gasteiger partial charge on any atom is 0.252 e. The van der Waals surface area contributed by atoms with Gasteiger partial charge in [-0.2, -0.15) is 0 Å². The lowest BCUT2D eigenvalue weighted by Crippen LogP contribution is -2.62. The first kappa shape index (κ1) is 51.8. The van der Waals surface area contributed by atoms with Crippen LogP contribution < -0.4 is 31.1 Å². The predicted molar refractivity (Wildman–Crippen MR) is 357 cm³/mol. The molecule has 6 aliphatic rings. The second kappa shape index (κ2) is 16.8. The zero-order chi connectivity index (χ0) is 57.4. The second-order valence-corrected chi connectivity index (χ2v) is 31.6. The Bertz CT molecular complexity index is 4480. The van der Waals surface area contributed by atoms with E-state index in [2.05, 4.69) is 245 Å². The number of hydrogen-bond acceptors (Lipinski definition) is 5. The van der Waals surface area contributed by atoms with Crippen molar-refractivity contribution < 1.29 is 4.42 Å². The summed E-state index contributed by atoms with van der Waals surface area (Å²) in [5, 5.41) is 4.97. The van der Waals surface area contributed by atoms with E-state index >= 15 is 0 Å². The molecule has 1 saturated carbocycles. The summed E-state index contributed by atoms with van der Waals surface area (Å²) in [5.74, 6) is 0. The summed E-state index contributed by atoms with van der Waals surface area (Å²) in [4.78, 5) is 8.38. The quantitative estimate of drug-likeness (QED) is 0.165. The van der Waals surface area contributed by atoms with Gasteiger partial charge < -0.3 is 19.1 Å². The lowest BCUT2D eigenvalue weighted by atomic mass is 9.33. The number of para-hydroxylation sites is 2. The molecule has 16 rings (SSSR count). The Balaban J connectivity index is 1.10. The van der Waals surface area contributed by atoms with Gasteiger partial charge in [0.25, 0.3) is 6.71 Å². The van der Waals surface area contributed by atoms with Crippen LogP contribution in [-0.2, 0) is 32.5 Å². The smallest absolute Gasteiger partial charge is 0.252 e. The molecule has 0 radical (unpaired) electrons. The molecule has 0 bridgehead atoms. The van der Waals surface area contributed by atoms with Crippen molar-refractivity contribution in [3.8, 4) is 0 Å². The van der Waals surface area contributed by atoms with E-state index in [-0.39, 0.29) is 44.7 Å². The van der Waals surface area contributed by atoms with Crippen molar-refractivity contribution in [3.63, 3.8) is 0 Å². The summed E-state index contributed by atoms with van der Waals surface area (Å²) in [6, 6.07) is 53.4.